The molecular weight excluding hydrogens is 444 g/mol. The summed E-state index contributed by atoms with van der Waals surface area (Å²) in [5.41, 5.74) is 3.67. The molecule has 2 fully saturated rings. The highest BCUT2D eigenvalue weighted by molar-refractivity contribution is 7.80. The molecule has 0 saturated carbocycles. The average molecular weight is 477 g/mol. The quantitative estimate of drug-likeness (QED) is 0.453. The molecule has 0 spiro atoms. The standard InChI is InChI=1S/C22H32N6O2S2/c1-13-9-15(17-11-23-5-7-29-17)27-21(25-13)19(31)3-4-20(32)22-26-14(2)10-16(28-22)18-12-24-6-8-30-18/h9-10,17-20,23-24,31-32H,3-8,11-12H2,1-2H3. The Labute approximate surface area is 200 Å². The van der Waals surface area contributed by atoms with Crippen molar-refractivity contribution >= 4 is 25.3 Å². The van der Waals surface area contributed by atoms with Gasteiger partial charge < -0.3 is 20.1 Å². The number of morpholine rings is 2. The molecule has 4 unspecified atom stereocenters. The first-order valence-corrected chi connectivity index (χ1v) is 12.2. The Morgan fingerprint density at radius 3 is 1.62 bits per heavy atom. The van der Waals surface area contributed by atoms with Gasteiger partial charge in [-0.05, 0) is 38.8 Å². The first-order chi connectivity index (χ1) is 15.5. The summed E-state index contributed by atoms with van der Waals surface area (Å²) in [5.74, 6) is 1.45. The van der Waals surface area contributed by atoms with E-state index in [1.807, 2.05) is 26.0 Å². The van der Waals surface area contributed by atoms with Gasteiger partial charge in [-0.1, -0.05) is 0 Å². The zero-order valence-corrected chi connectivity index (χ0v) is 20.4. The molecule has 4 atom stereocenters. The molecule has 0 amide bonds. The molecule has 4 rings (SSSR count). The van der Waals surface area contributed by atoms with Gasteiger partial charge in [0.05, 0.1) is 35.1 Å². The number of ether oxygens (including phenoxy) is 2. The van der Waals surface area contributed by atoms with Gasteiger partial charge in [0.1, 0.15) is 23.9 Å². The normalized spacial score (nSPS) is 23.6. The minimum atomic E-state index is -0.102. The third kappa shape index (κ3) is 6.18. The molecule has 32 heavy (non-hydrogen) atoms. The van der Waals surface area contributed by atoms with E-state index in [4.69, 9.17) is 44.7 Å². The number of nitrogens with one attached hydrogen (secondary N) is 2. The molecule has 2 aromatic rings. The smallest absolute Gasteiger partial charge is 0.141 e. The van der Waals surface area contributed by atoms with E-state index in [0.29, 0.717) is 13.2 Å². The van der Waals surface area contributed by atoms with Crippen LogP contribution in [-0.2, 0) is 9.47 Å². The van der Waals surface area contributed by atoms with E-state index < -0.39 is 0 Å². The largest absolute Gasteiger partial charge is 0.369 e. The maximum Gasteiger partial charge on any atom is 0.141 e. The molecule has 2 aromatic heterocycles. The van der Waals surface area contributed by atoms with E-state index in [-0.39, 0.29) is 22.7 Å². The summed E-state index contributed by atoms with van der Waals surface area (Å²) < 4.78 is 11.7. The van der Waals surface area contributed by atoms with Gasteiger partial charge in [-0.15, -0.1) is 0 Å². The Balaban J connectivity index is 1.41. The fraction of sp³-hybridized carbons (Fsp3) is 0.636. The Morgan fingerprint density at radius 2 is 1.25 bits per heavy atom. The van der Waals surface area contributed by atoms with Crippen LogP contribution in [0.1, 0.15) is 70.0 Å². The second-order valence-corrected chi connectivity index (χ2v) is 9.57. The van der Waals surface area contributed by atoms with Crippen LogP contribution in [0.25, 0.3) is 0 Å². The molecule has 8 nitrogen and oxygen atoms in total. The molecule has 2 saturated heterocycles. The van der Waals surface area contributed by atoms with E-state index in [1.165, 1.54) is 0 Å². The van der Waals surface area contributed by atoms with Crippen LogP contribution in [0, 0.1) is 13.8 Å². The highest BCUT2D eigenvalue weighted by Crippen LogP contribution is 2.31. The number of nitrogens with zero attached hydrogens (tertiary/aromatic N) is 4. The summed E-state index contributed by atoms with van der Waals surface area (Å²) in [5, 5.41) is 6.50. The van der Waals surface area contributed by atoms with Gasteiger partial charge in [-0.25, -0.2) is 19.9 Å². The SMILES string of the molecule is Cc1cc(C2CNCCO2)nc(C(S)CCC(S)c2nc(C)cc(C3CNCCO3)n2)n1. The fourth-order valence-electron chi connectivity index (χ4n) is 3.95. The second-order valence-electron chi connectivity index (χ2n) is 8.32. The molecule has 0 bridgehead atoms. The van der Waals surface area contributed by atoms with Crippen LogP contribution in [-0.4, -0.2) is 59.3 Å². The molecule has 2 aliphatic rings. The van der Waals surface area contributed by atoms with Gasteiger partial charge >= 0.3 is 0 Å². The Morgan fingerprint density at radius 1 is 0.812 bits per heavy atom. The predicted octanol–water partition coefficient (Wildman–Crippen LogP) is 2.63. The molecule has 0 aromatic carbocycles. The number of aromatic nitrogens is 4. The third-order valence-electron chi connectivity index (χ3n) is 5.61. The zero-order chi connectivity index (χ0) is 22.5. The van der Waals surface area contributed by atoms with Crippen molar-refractivity contribution in [2.75, 3.05) is 39.4 Å². The van der Waals surface area contributed by atoms with E-state index in [0.717, 1.165) is 73.4 Å². The highest BCUT2D eigenvalue weighted by atomic mass is 32.1. The van der Waals surface area contributed by atoms with Crippen LogP contribution < -0.4 is 10.6 Å². The molecule has 0 radical (unpaired) electrons. The highest BCUT2D eigenvalue weighted by Gasteiger charge is 2.23. The lowest BCUT2D eigenvalue weighted by atomic mass is 10.1. The predicted molar refractivity (Wildman–Crippen MR) is 129 cm³/mol. The van der Waals surface area contributed by atoms with Crippen LogP contribution in [0.3, 0.4) is 0 Å². The number of hydrogen-bond donors (Lipinski definition) is 4. The number of thiol groups is 2. The lowest BCUT2D eigenvalue weighted by Gasteiger charge is -2.24. The maximum atomic E-state index is 5.86. The molecule has 10 heteroatoms. The minimum Gasteiger partial charge on any atom is -0.369 e. The van der Waals surface area contributed by atoms with Gasteiger partial charge in [0, 0.05) is 37.6 Å². The summed E-state index contributed by atoms with van der Waals surface area (Å²) in [4.78, 5) is 18.8. The first kappa shape index (κ1) is 23.8. The van der Waals surface area contributed by atoms with Crippen molar-refractivity contribution in [2.24, 2.45) is 0 Å². The van der Waals surface area contributed by atoms with Crippen molar-refractivity contribution in [2.45, 2.75) is 49.4 Å². The number of rotatable bonds is 7. The Kier molecular flexibility index (Phi) is 8.36. The number of hydrogen-bond acceptors (Lipinski definition) is 10. The minimum absolute atomic E-state index is 0.0435. The van der Waals surface area contributed by atoms with Gasteiger partial charge in [-0.2, -0.15) is 25.3 Å². The zero-order valence-electron chi connectivity index (χ0n) is 18.6. The van der Waals surface area contributed by atoms with Crippen LogP contribution in [0.5, 0.6) is 0 Å². The van der Waals surface area contributed by atoms with E-state index in [1.54, 1.807) is 0 Å². The summed E-state index contributed by atoms with van der Waals surface area (Å²) in [6.45, 7) is 8.62. The van der Waals surface area contributed by atoms with Crippen molar-refractivity contribution in [1.82, 2.24) is 30.6 Å². The third-order valence-corrected chi connectivity index (χ3v) is 6.59. The topological polar surface area (TPSA) is 94.1 Å². The van der Waals surface area contributed by atoms with E-state index in [2.05, 4.69) is 20.6 Å². The summed E-state index contributed by atoms with van der Waals surface area (Å²) in [7, 11) is 0. The fourth-order valence-corrected chi connectivity index (χ4v) is 4.47. The van der Waals surface area contributed by atoms with Crippen LogP contribution in [0.2, 0.25) is 0 Å². The van der Waals surface area contributed by atoms with Crippen molar-refractivity contribution in [3.8, 4) is 0 Å². The van der Waals surface area contributed by atoms with Crippen molar-refractivity contribution < 1.29 is 9.47 Å². The van der Waals surface area contributed by atoms with E-state index in [9.17, 15) is 0 Å². The van der Waals surface area contributed by atoms with Crippen LogP contribution >= 0.6 is 25.3 Å². The average Bonchev–Trinajstić information content (AvgIpc) is 2.82. The first-order valence-electron chi connectivity index (χ1n) is 11.2. The Hall–Kier alpha value is -1.30. The molecule has 2 aliphatic heterocycles. The van der Waals surface area contributed by atoms with Crippen LogP contribution in [0.4, 0.5) is 0 Å². The van der Waals surface area contributed by atoms with Crippen molar-refractivity contribution in [1.29, 1.82) is 0 Å². The monoisotopic (exact) mass is 476 g/mol. The summed E-state index contributed by atoms with van der Waals surface area (Å²) in [6, 6.07) is 3.99. The van der Waals surface area contributed by atoms with Crippen LogP contribution in [0.15, 0.2) is 12.1 Å². The lowest BCUT2D eigenvalue weighted by Crippen LogP contribution is -2.34. The Bertz CT molecular complexity index is 832. The van der Waals surface area contributed by atoms with Gasteiger partial charge in [-0.3, -0.25) is 0 Å². The summed E-state index contributed by atoms with van der Waals surface area (Å²) >= 11 is 9.61. The van der Waals surface area contributed by atoms with Crippen molar-refractivity contribution in [3.05, 3.63) is 46.6 Å². The molecular formula is C22H32N6O2S2. The maximum absolute atomic E-state index is 5.86. The lowest BCUT2D eigenvalue weighted by molar-refractivity contribution is 0.0247. The molecule has 4 heterocycles. The molecule has 2 N–H and O–H groups in total. The molecule has 0 aliphatic carbocycles. The summed E-state index contributed by atoms with van der Waals surface area (Å²) in [6.07, 6.45) is 1.44. The van der Waals surface area contributed by atoms with Gasteiger partial charge in [0.25, 0.3) is 0 Å². The number of aryl methyl sites for hydroxylation is 2. The van der Waals surface area contributed by atoms with Gasteiger partial charge in [0.15, 0.2) is 0 Å². The molecule has 174 valence electrons. The van der Waals surface area contributed by atoms with Gasteiger partial charge in [0.2, 0.25) is 0 Å². The van der Waals surface area contributed by atoms with Crippen molar-refractivity contribution in [3.63, 3.8) is 0 Å². The second kappa shape index (κ2) is 11.2. The van der Waals surface area contributed by atoms with E-state index >= 15 is 0 Å².